The standard InChI is InChI=1S/C8H10N2O/c9-10-4-6-1-2-8(11)3-7(6)5-10/h1-3,11H,4-5,9H2. The van der Waals surface area contributed by atoms with Gasteiger partial charge in [-0.15, -0.1) is 0 Å². The van der Waals surface area contributed by atoms with Crippen LogP contribution in [0.2, 0.25) is 0 Å². The van der Waals surface area contributed by atoms with E-state index in [1.165, 1.54) is 5.56 Å². The molecule has 0 unspecified atom stereocenters. The molecule has 0 spiro atoms. The van der Waals surface area contributed by atoms with Crippen molar-refractivity contribution in [2.75, 3.05) is 0 Å². The molecule has 1 aromatic carbocycles. The quantitative estimate of drug-likeness (QED) is 0.532. The first-order valence-electron chi connectivity index (χ1n) is 3.56. The van der Waals surface area contributed by atoms with Crippen molar-refractivity contribution in [3.63, 3.8) is 0 Å². The van der Waals surface area contributed by atoms with E-state index < -0.39 is 0 Å². The lowest BCUT2D eigenvalue weighted by atomic mass is 10.1. The third kappa shape index (κ3) is 1.08. The van der Waals surface area contributed by atoms with Crippen LogP contribution in [0.3, 0.4) is 0 Å². The minimum absolute atomic E-state index is 0.319. The summed E-state index contributed by atoms with van der Waals surface area (Å²) in [7, 11) is 0. The fourth-order valence-corrected chi connectivity index (χ4v) is 1.41. The van der Waals surface area contributed by atoms with Crippen molar-refractivity contribution >= 4 is 0 Å². The van der Waals surface area contributed by atoms with Crippen LogP contribution in [0.4, 0.5) is 0 Å². The summed E-state index contributed by atoms with van der Waals surface area (Å²) in [5.74, 6) is 5.91. The number of rotatable bonds is 0. The molecule has 1 aliphatic heterocycles. The van der Waals surface area contributed by atoms with Gasteiger partial charge in [-0.2, -0.15) is 0 Å². The van der Waals surface area contributed by atoms with Crippen LogP contribution < -0.4 is 5.84 Å². The lowest BCUT2D eigenvalue weighted by molar-refractivity contribution is 0.295. The van der Waals surface area contributed by atoms with Gasteiger partial charge in [0.25, 0.3) is 0 Å². The summed E-state index contributed by atoms with van der Waals surface area (Å²) in [6.07, 6.45) is 0. The first-order chi connectivity index (χ1) is 5.25. The highest BCUT2D eigenvalue weighted by atomic mass is 16.3. The monoisotopic (exact) mass is 150 g/mol. The number of hydrogen-bond donors (Lipinski definition) is 2. The molecule has 3 nitrogen and oxygen atoms in total. The van der Waals surface area contributed by atoms with Crippen LogP contribution in [-0.4, -0.2) is 10.1 Å². The van der Waals surface area contributed by atoms with Gasteiger partial charge in [0.2, 0.25) is 0 Å². The average molecular weight is 150 g/mol. The summed E-state index contributed by atoms with van der Waals surface area (Å²) in [4.78, 5) is 0. The maximum atomic E-state index is 9.12. The highest BCUT2D eigenvalue weighted by molar-refractivity contribution is 5.36. The Kier molecular flexibility index (Phi) is 1.34. The number of phenolic OH excluding ortho intramolecular Hbond substituents is 1. The second-order valence-corrected chi connectivity index (χ2v) is 2.86. The smallest absolute Gasteiger partial charge is 0.115 e. The van der Waals surface area contributed by atoms with Gasteiger partial charge in [-0.3, -0.25) is 5.84 Å². The van der Waals surface area contributed by atoms with E-state index in [1.807, 2.05) is 6.07 Å². The van der Waals surface area contributed by atoms with E-state index in [-0.39, 0.29) is 0 Å². The van der Waals surface area contributed by atoms with Crippen LogP contribution in [0.5, 0.6) is 5.75 Å². The Balaban J connectivity index is 2.43. The maximum Gasteiger partial charge on any atom is 0.115 e. The topological polar surface area (TPSA) is 49.5 Å². The molecule has 3 heteroatoms. The zero-order chi connectivity index (χ0) is 7.84. The van der Waals surface area contributed by atoms with Crippen LogP contribution in [0, 0.1) is 0 Å². The van der Waals surface area contributed by atoms with Crippen molar-refractivity contribution in [1.29, 1.82) is 0 Å². The molecule has 0 fully saturated rings. The molecule has 0 radical (unpaired) electrons. The lowest BCUT2D eigenvalue weighted by Crippen LogP contribution is -2.23. The normalized spacial score (nSPS) is 16.8. The molecule has 2 rings (SSSR count). The van der Waals surface area contributed by atoms with Crippen LogP contribution in [0.25, 0.3) is 0 Å². The number of nitrogens with two attached hydrogens (primary N) is 1. The fraction of sp³-hybridized carbons (Fsp3) is 0.250. The Bertz CT molecular complexity index is 285. The Morgan fingerprint density at radius 3 is 2.82 bits per heavy atom. The molecule has 1 aliphatic rings. The molecule has 11 heavy (non-hydrogen) atoms. The summed E-state index contributed by atoms with van der Waals surface area (Å²) in [6.45, 7) is 1.53. The number of benzene rings is 1. The number of phenols is 1. The number of hydrazine groups is 1. The summed E-state index contributed by atoms with van der Waals surface area (Å²) < 4.78 is 0. The van der Waals surface area contributed by atoms with E-state index >= 15 is 0 Å². The fourth-order valence-electron chi connectivity index (χ4n) is 1.41. The molecule has 0 saturated carbocycles. The number of aromatic hydroxyl groups is 1. The van der Waals surface area contributed by atoms with Gasteiger partial charge >= 0.3 is 0 Å². The summed E-state index contributed by atoms with van der Waals surface area (Å²) >= 11 is 0. The first-order valence-corrected chi connectivity index (χ1v) is 3.56. The maximum absolute atomic E-state index is 9.12. The zero-order valence-corrected chi connectivity index (χ0v) is 6.12. The van der Waals surface area contributed by atoms with Gasteiger partial charge in [-0.1, -0.05) is 6.07 Å². The number of nitrogens with zero attached hydrogens (tertiary/aromatic N) is 1. The average Bonchev–Trinajstić information content (AvgIpc) is 2.27. The summed E-state index contributed by atoms with van der Waals surface area (Å²) in [6, 6.07) is 5.37. The van der Waals surface area contributed by atoms with Gasteiger partial charge in [-0.05, 0) is 23.3 Å². The van der Waals surface area contributed by atoms with Crippen LogP contribution in [0.1, 0.15) is 11.1 Å². The second kappa shape index (κ2) is 2.22. The van der Waals surface area contributed by atoms with Crippen LogP contribution in [0.15, 0.2) is 18.2 Å². The largest absolute Gasteiger partial charge is 0.508 e. The van der Waals surface area contributed by atoms with Crippen molar-refractivity contribution in [2.24, 2.45) is 5.84 Å². The molecule has 0 bridgehead atoms. The molecule has 0 aromatic heterocycles. The van der Waals surface area contributed by atoms with Crippen molar-refractivity contribution in [3.8, 4) is 5.75 Å². The van der Waals surface area contributed by atoms with E-state index in [9.17, 15) is 0 Å². The van der Waals surface area contributed by atoms with E-state index in [0.717, 1.165) is 18.7 Å². The summed E-state index contributed by atoms with van der Waals surface area (Å²) in [5.41, 5.74) is 2.35. The molecule has 1 aromatic rings. The van der Waals surface area contributed by atoms with Crippen LogP contribution >= 0.6 is 0 Å². The molecule has 0 atom stereocenters. The van der Waals surface area contributed by atoms with E-state index in [2.05, 4.69) is 0 Å². The van der Waals surface area contributed by atoms with E-state index in [4.69, 9.17) is 10.9 Å². The highest BCUT2D eigenvalue weighted by Gasteiger charge is 2.15. The molecular weight excluding hydrogens is 140 g/mol. The minimum Gasteiger partial charge on any atom is -0.508 e. The summed E-state index contributed by atoms with van der Waals surface area (Å²) in [5, 5.41) is 10.8. The molecular formula is C8H10N2O. The highest BCUT2D eigenvalue weighted by Crippen LogP contribution is 2.23. The third-order valence-corrected chi connectivity index (χ3v) is 1.94. The van der Waals surface area contributed by atoms with Crippen molar-refractivity contribution in [1.82, 2.24) is 5.01 Å². The zero-order valence-electron chi connectivity index (χ0n) is 6.12. The molecule has 1 heterocycles. The van der Waals surface area contributed by atoms with Gasteiger partial charge < -0.3 is 5.11 Å². The number of hydrogen-bond acceptors (Lipinski definition) is 3. The van der Waals surface area contributed by atoms with Gasteiger partial charge in [-0.25, -0.2) is 5.01 Å². The van der Waals surface area contributed by atoms with Crippen molar-refractivity contribution in [2.45, 2.75) is 13.1 Å². The Labute approximate surface area is 65.0 Å². The minimum atomic E-state index is 0.319. The van der Waals surface area contributed by atoms with E-state index in [0.29, 0.717) is 5.75 Å². The Morgan fingerprint density at radius 1 is 1.27 bits per heavy atom. The number of fused-ring (bicyclic) bond motifs is 1. The predicted octanol–water partition coefficient (Wildman–Crippen LogP) is 0.582. The van der Waals surface area contributed by atoms with Crippen LogP contribution in [-0.2, 0) is 13.1 Å². The van der Waals surface area contributed by atoms with Gasteiger partial charge in [0.15, 0.2) is 0 Å². The van der Waals surface area contributed by atoms with Gasteiger partial charge in [0.05, 0.1) is 0 Å². The first kappa shape index (κ1) is 6.64. The molecule has 0 aliphatic carbocycles. The van der Waals surface area contributed by atoms with Crippen molar-refractivity contribution in [3.05, 3.63) is 29.3 Å². The molecule has 58 valence electrons. The van der Waals surface area contributed by atoms with Gasteiger partial charge in [0.1, 0.15) is 5.75 Å². The molecule has 0 saturated heterocycles. The second-order valence-electron chi connectivity index (χ2n) is 2.86. The molecule has 3 N–H and O–H groups in total. The van der Waals surface area contributed by atoms with Gasteiger partial charge in [0, 0.05) is 13.1 Å². The molecule has 0 amide bonds. The van der Waals surface area contributed by atoms with Crippen molar-refractivity contribution < 1.29 is 5.11 Å². The SMILES string of the molecule is NN1Cc2ccc(O)cc2C1. The predicted molar refractivity (Wildman–Crippen MR) is 41.5 cm³/mol. The Morgan fingerprint density at radius 2 is 2.00 bits per heavy atom. The van der Waals surface area contributed by atoms with E-state index in [1.54, 1.807) is 17.1 Å². The lowest BCUT2D eigenvalue weighted by Gasteiger charge is -2.02. The third-order valence-electron chi connectivity index (χ3n) is 1.94. The Hall–Kier alpha value is -1.06.